The molecule has 0 unspecified atom stereocenters. The largest absolute Gasteiger partial charge is 0.322 e. The summed E-state index contributed by atoms with van der Waals surface area (Å²) in [7, 11) is -0.658. The van der Waals surface area contributed by atoms with Gasteiger partial charge in [-0.3, -0.25) is 4.79 Å². The number of rotatable bonds is 5. The molecule has 3 rings (SSSR count). The van der Waals surface area contributed by atoms with Gasteiger partial charge in [0.1, 0.15) is 0 Å². The average molecular weight is 413 g/mol. The van der Waals surface area contributed by atoms with Crippen molar-refractivity contribution in [3.05, 3.63) is 71.0 Å². The van der Waals surface area contributed by atoms with Gasteiger partial charge in [-0.25, -0.2) is 17.4 Å². The van der Waals surface area contributed by atoms with Crippen LogP contribution in [0.3, 0.4) is 0 Å². The lowest BCUT2D eigenvalue weighted by molar-refractivity contribution is 0.102. The van der Waals surface area contributed by atoms with Gasteiger partial charge in [-0.15, -0.1) is 0 Å². The van der Waals surface area contributed by atoms with Crippen LogP contribution in [0.25, 0.3) is 5.69 Å². The molecular formula is C21H24N4O3S. The Hall–Kier alpha value is -2.97. The van der Waals surface area contributed by atoms with Crippen molar-refractivity contribution in [2.24, 2.45) is 0 Å². The molecule has 0 radical (unpaired) electrons. The first-order valence-electron chi connectivity index (χ1n) is 9.08. The molecule has 0 aliphatic heterocycles. The lowest BCUT2D eigenvalue weighted by Gasteiger charge is -2.14. The first kappa shape index (κ1) is 20.8. The molecule has 0 bridgehead atoms. The van der Waals surface area contributed by atoms with Crippen LogP contribution < -0.4 is 5.32 Å². The highest BCUT2D eigenvalue weighted by atomic mass is 32.2. The highest BCUT2D eigenvalue weighted by Crippen LogP contribution is 2.24. The molecule has 0 atom stereocenters. The average Bonchev–Trinajstić information content (AvgIpc) is 3.05. The van der Waals surface area contributed by atoms with Crippen LogP contribution in [0, 0.1) is 20.8 Å². The summed E-state index contributed by atoms with van der Waals surface area (Å²) in [4.78, 5) is 13.0. The summed E-state index contributed by atoms with van der Waals surface area (Å²) in [6, 6.07) is 12.5. The van der Waals surface area contributed by atoms with Gasteiger partial charge in [0.2, 0.25) is 10.0 Å². The maximum atomic E-state index is 12.9. The van der Waals surface area contributed by atoms with E-state index in [9.17, 15) is 13.2 Å². The summed E-state index contributed by atoms with van der Waals surface area (Å²) in [5.41, 5.74) is 4.28. The minimum absolute atomic E-state index is 0.121. The van der Waals surface area contributed by atoms with E-state index >= 15 is 0 Å². The third-order valence-electron chi connectivity index (χ3n) is 4.83. The number of nitrogens with one attached hydrogen (secondary N) is 1. The van der Waals surface area contributed by atoms with E-state index in [0.29, 0.717) is 16.9 Å². The Morgan fingerprint density at radius 3 is 2.38 bits per heavy atom. The smallest absolute Gasteiger partial charge is 0.259 e. The van der Waals surface area contributed by atoms with Gasteiger partial charge in [0.25, 0.3) is 5.91 Å². The quantitative estimate of drug-likeness (QED) is 0.697. The Morgan fingerprint density at radius 2 is 1.72 bits per heavy atom. The summed E-state index contributed by atoms with van der Waals surface area (Å²) >= 11 is 0. The lowest BCUT2D eigenvalue weighted by Crippen LogP contribution is -2.22. The number of anilines is 1. The van der Waals surface area contributed by atoms with Gasteiger partial charge in [0, 0.05) is 19.8 Å². The predicted octanol–water partition coefficient (Wildman–Crippen LogP) is 3.30. The predicted molar refractivity (Wildman–Crippen MR) is 113 cm³/mol. The number of nitrogens with zero attached hydrogens (tertiary/aromatic N) is 3. The number of sulfonamides is 1. The molecular weight excluding hydrogens is 388 g/mol. The van der Waals surface area contributed by atoms with E-state index in [2.05, 4.69) is 10.4 Å². The molecule has 3 aromatic rings. The van der Waals surface area contributed by atoms with Gasteiger partial charge in [0.05, 0.1) is 28.0 Å². The Bertz CT molecular complexity index is 1180. The highest BCUT2D eigenvalue weighted by Gasteiger charge is 2.20. The molecule has 152 valence electrons. The van der Waals surface area contributed by atoms with Crippen molar-refractivity contribution in [2.75, 3.05) is 19.4 Å². The zero-order valence-corrected chi connectivity index (χ0v) is 17.9. The Balaban J connectivity index is 1.93. The Morgan fingerprint density at radius 1 is 1.03 bits per heavy atom. The fraction of sp³-hybridized carbons (Fsp3) is 0.238. The van der Waals surface area contributed by atoms with Crippen LogP contribution in [0.5, 0.6) is 0 Å². The molecule has 1 amide bonds. The van der Waals surface area contributed by atoms with Crippen LogP contribution in [-0.2, 0) is 10.0 Å². The van der Waals surface area contributed by atoms with E-state index in [1.54, 1.807) is 10.7 Å². The number of aryl methyl sites for hydroxylation is 2. The standard InChI is InChI=1S/C21H24N4O3S/c1-14-10-11-17(29(27,28)24(4)5)12-19(14)23-21(26)18-13-22-25(16(18)3)20-9-7-6-8-15(20)2/h6-13H,1-5H3,(H,23,26). The van der Waals surface area contributed by atoms with Crippen LogP contribution in [-0.4, -0.2) is 42.5 Å². The monoisotopic (exact) mass is 412 g/mol. The number of hydrogen-bond donors (Lipinski definition) is 1. The minimum atomic E-state index is -3.60. The highest BCUT2D eigenvalue weighted by molar-refractivity contribution is 7.89. The maximum absolute atomic E-state index is 12.9. The Labute approximate surface area is 171 Å². The van der Waals surface area contributed by atoms with Gasteiger partial charge < -0.3 is 5.32 Å². The molecule has 7 nitrogen and oxygen atoms in total. The van der Waals surface area contributed by atoms with Gasteiger partial charge in [-0.2, -0.15) is 5.10 Å². The van der Waals surface area contributed by atoms with Gasteiger partial charge in [-0.1, -0.05) is 24.3 Å². The van der Waals surface area contributed by atoms with E-state index in [4.69, 9.17) is 0 Å². The summed E-state index contributed by atoms with van der Waals surface area (Å²) in [5, 5.41) is 7.19. The molecule has 29 heavy (non-hydrogen) atoms. The van der Waals surface area contributed by atoms with E-state index in [0.717, 1.165) is 21.1 Å². The molecule has 0 saturated heterocycles. The second-order valence-electron chi connectivity index (χ2n) is 7.06. The molecule has 1 aromatic heterocycles. The fourth-order valence-electron chi connectivity index (χ4n) is 2.97. The molecule has 0 aliphatic carbocycles. The van der Waals surface area contributed by atoms with Crippen molar-refractivity contribution in [3.63, 3.8) is 0 Å². The van der Waals surface area contributed by atoms with E-state index < -0.39 is 10.0 Å². The molecule has 2 aromatic carbocycles. The van der Waals surface area contributed by atoms with Crippen molar-refractivity contribution >= 4 is 21.6 Å². The summed E-state index contributed by atoms with van der Waals surface area (Å²) in [6.07, 6.45) is 1.52. The molecule has 8 heteroatoms. The molecule has 0 spiro atoms. The number of para-hydroxylation sites is 1. The lowest BCUT2D eigenvalue weighted by atomic mass is 10.1. The van der Waals surface area contributed by atoms with Crippen molar-refractivity contribution in [2.45, 2.75) is 25.7 Å². The van der Waals surface area contributed by atoms with Gasteiger partial charge in [-0.05, 0) is 50.1 Å². The zero-order valence-electron chi connectivity index (χ0n) is 17.1. The normalized spacial score (nSPS) is 11.7. The van der Waals surface area contributed by atoms with Crippen LogP contribution in [0.1, 0.15) is 27.2 Å². The first-order valence-corrected chi connectivity index (χ1v) is 10.5. The Kier molecular flexibility index (Phi) is 5.59. The third-order valence-corrected chi connectivity index (χ3v) is 6.64. The number of hydrogen-bond acceptors (Lipinski definition) is 4. The molecule has 0 aliphatic rings. The van der Waals surface area contributed by atoms with Crippen LogP contribution in [0.2, 0.25) is 0 Å². The van der Waals surface area contributed by atoms with Crippen molar-refractivity contribution in [3.8, 4) is 5.69 Å². The van der Waals surface area contributed by atoms with Crippen molar-refractivity contribution in [1.29, 1.82) is 0 Å². The number of aromatic nitrogens is 2. The first-order chi connectivity index (χ1) is 13.6. The third kappa shape index (κ3) is 3.94. The van der Waals surface area contributed by atoms with Gasteiger partial charge in [0.15, 0.2) is 0 Å². The SMILES string of the molecule is Cc1ccc(S(=O)(=O)N(C)C)cc1NC(=O)c1cnn(-c2ccccc2C)c1C. The van der Waals surface area contributed by atoms with Crippen LogP contribution in [0.4, 0.5) is 5.69 Å². The van der Waals surface area contributed by atoms with Gasteiger partial charge >= 0.3 is 0 Å². The number of amides is 1. The topological polar surface area (TPSA) is 84.3 Å². The second-order valence-corrected chi connectivity index (χ2v) is 9.21. The minimum Gasteiger partial charge on any atom is -0.322 e. The second kappa shape index (κ2) is 7.81. The zero-order chi connectivity index (χ0) is 21.3. The number of carbonyl (C=O) groups excluding carboxylic acids is 1. The summed E-state index contributed by atoms with van der Waals surface area (Å²) < 4.78 is 27.7. The fourth-order valence-corrected chi connectivity index (χ4v) is 3.90. The number of carbonyl (C=O) groups is 1. The molecule has 1 N–H and O–H groups in total. The summed E-state index contributed by atoms with van der Waals surface area (Å²) in [6.45, 7) is 5.62. The van der Waals surface area contributed by atoms with E-state index in [-0.39, 0.29) is 10.8 Å². The maximum Gasteiger partial charge on any atom is 0.259 e. The van der Waals surface area contributed by atoms with Crippen LogP contribution in [0.15, 0.2) is 53.6 Å². The molecule has 1 heterocycles. The summed E-state index contributed by atoms with van der Waals surface area (Å²) in [5.74, 6) is -0.343. The molecule has 0 saturated carbocycles. The van der Waals surface area contributed by atoms with Crippen LogP contribution >= 0.6 is 0 Å². The van der Waals surface area contributed by atoms with E-state index in [1.165, 1.54) is 32.4 Å². The van der Waals surface area contributed by atoms with Crippen molar-refractivity contribution in [1.82, 2.24) is 14.1 Å². The number of benzene rings is 2. The van der Waals surface area contributed by atoms with E-state index in [1.807, 2.05) is 45.0 Å². The van der Waals surface area contributed by atoms with Crippen molar-refractivity contribution < 1.29 is 13.2 Å². The molecule has 0 fully saturated rings.